The van der Waals surface area contributed by atoms with Gasteiger partial charge < -0.3 is 15.8 Å². The summed E-state index contributed by atoms with van der Waals surface area (Å²) in [5.41, 5.74) is 5.65. The van der Waals surface area contributed by atoms with Crippen LogP contribution in [0.3, 0.4) is 0 Å². The van der Waals surface area contributed by atoms with Gasteiger partial charge in [-0.3, -0.25) is 4.79 Å². The molecule has 0 aliphatic rings. The number of benzene rings is 1. The Labute approximate surface area is 115 Å². The van der Waals surface area contributed by atoms with E-state index in [1.165, 1.54) is 17.0 Å². The van der Waals surface area contributed by atoms with Gasteiger partial charge in [-0.1, -0.05) is 23.7 Å². The number of amides is 1. The van der Waals surface area contributed by atoms with E-state index in [-0.39, 0.29) is 28.9 Å². The Balaban J connectivity index is 2.95. The van der Waals surface area contributed by atoms with Gasteiger partial charge in [0.25, 0.3) is 5.91 Å². The van der Waals surface area contributed by atoms with Crippen LogP contribution in [0.15, 0.2) is 23.4 Å². The van der Waals surface area contributed by atoms with Crippen molar-refractivity contribution in [2.45, 2.75) is 13.3 Å². The molecule has 1 aromatic rings. The number of carbonyl (C=O) groups is 1. The van der Waals surface area contributed by atoms with Gasteiger partial charge in [0.05, 0.1) is 11.6 Å². The van der Waals surface area contributed by atoms with E-state index in [4.69, 9.17) is 22.5 Å². The first-order valence-electron chi connectivity index (χ1n) is 5.70. The number of nitrogens with two attached hydrogens (primary N) is 1. The average Bonchev–Trinajstić information content (AvgIpc) is 2.40. The van der Waals surface area contributed by atoms with Gasteiger partial charge >= 0.3 is 0 Å². The Morgan fingerprint density at radius 3 is 2.79 bits per heavy atom. The van der Waals surface area contributed by atoms with Crippen LogP contribution in [0.2, 0.25) is 5.02 Å². The SMILES string of the molecule is CCCN(C/C(N)=N/O)C(=O)c1ccc(F)c(Cl)c1. The molecule has 104 valence electrons. The molecule has 0 saturated carbocycles. The number of hydrogen-bond acceptors (Lipinski definition) is 3. The van der Waals surface area contributed by atoms with E-state index in [1.807, 2.05) is 6.92 Å². The molecule has 0 aromatic heterocycles. The lowest BCUT2D eigenvalue weighted by Crippen LogP contribution is -2.39. The zero-order chi connectivity index (χ0) is 14.4. The van der Waals surface area contributed by atoms with Crippen molar-refractivity contribution >= 4 is 23.3 Å². The van der Waals surface area contributed by atoms with Gasteiger partial charge in [0.2, 0.25) is 0 Å². The highest BCUT2D eigenvalue weighted by molar-refractivity contribution is 6.31. The molecule has 0 aliphatic heterocycles. The summed E-state index contributed by atoms with van der Waals surface area (Å²) in [5, 5.41) is 11.3. The number of oxime groups is 1. The van der Waals surface area contributed by atoms with E-state index >= 15 is 0 Å². The summed E-state index contributed by atoms with van der Waals surface area (Å²) in [7, 11) is 0. The lowest BCUT2D eigenvalue weighted by molar-refractivity contribution is 0.0778. The van der Waals surface area contributed by atoms with E-state index in [0.717, 1.165) is 6.07 Å². The molecule has 0 spiro atoms. The van der Waals surface area contributed by atoms with E-state index in [1.54, 1.807) is 0 Å². The van der Waals surface area contributed by atoms with Crippen LogP contribution < -0.4 is 5.73 Å². The molecule has 0 fully saturated rings. The van der Waals surface area contributed by atoms with Gasteiger partial charge in [-0.2, -0.15) is 0 Å². The van der Waals surface area contributed by atoms with Gasteiger partial charge in [0.1, 0.15) is 5.82 Å². The predicted molar refractivity (Wildman–Crippen MR) is 71.0 cm³/mol. The highest BCUT2D eigenvalue weighted by Gasteiger charge is 2.17. The van der Waals surface area contributed by atoms with Crippen LogP contribution in [0.5, 0.6) is 0 Å². The number of nitrogens with zero attached hydrogens (tertiary/aromatic N) is 2. The average molecular weight is 288 g/mol. The number of amidine groups is 1. The van der Waals surface area contributed by atoms with Crippen LogP contribution >= 0.6 is 11.6 Å². The minimum absolute atomic E-state index is 0.00182. The van der Waals surface area contributed by atoms with Crippen molar-refractivity contribution < 1.29 is 14.4 Å². The van der Waals surface area contributed by atoms with Gasteiger partial charge in [-0.05, 0) is 24.6 Å². The molecule has 3 N–H and O–H groups in total. The zero-order valence-corrected chi connectivity index (χ0v) is 11.2. The Kier molecular flexibility index (Phi) is 5.57. The summed E-state index contributed by atoms with van der Waals surface area (Å²) in [5.74, 6) is -1.01. The Morgan fingerprint density at radius 1 is 1.58 bits per heavy atom. The Morgan fingerprint density at radius 2 is 2.26 bits per heavy atom. The van der Waals surface area contributed by atoms with E-state index in [9.17, 15) is 9.18 Å². The minimum Gasteiger partial charge on any atom is -0.409 e. The molecule has 1 rings (SSSR count). The molecule has 0 bridgehead atoms. The largest absolute Gasteiger partial charge is 0.409 e. The molecule has 19 heavy (non-hydrogen) atoms. The molecule has 0 heterocycles. The van der Waals surface area contributed by atoms with Crippen LogP contribution in [-0.4, -0.2) is 34.9 Å². The fraction of sp³-hybridized carbons (Fsp3) is 0.333. The van der Waals surface area contributed by atoms with Crippen LogP contribution in [0, 0.1) is 5.82 Å². The zero-order valence-electron chi connectivity index (χ0n) is 10.4. The quantitative estimate of drug-likeness (QED) is 0.377. The van der Waals surface area contributed by atoms with Crippen molar-refractivity contribution in [2.75, 3.05) is 13.1 Å². The topological polar surface area (TPSA) is 78.9 Å². The van der Waals surface area contributed by atoms with Crippen molar-refractivity contribution in [1.82, 2.24) is 4.90 Å². The third-order valence-corrected chi connectivity index (χ3v) is 2.72. The third kappa shape index (κ3) is 4.10. The summed E-state index contributed by atoms with van der Waals surface area (Å²) in [4.78, 5) is 13.6. The second kappa shape index (κ2) is 6.94. The number of rotatable bonds is 5. The highest BCUT2D eigenvalue weighted by Crippen LogP contribution is 2.17. The smallest absolute Gasteiger partial charge is 0.254 e. The van der Waals surface area contributed by atoms with E-state index < -0.39 is 5.82 Å². The molecule has 0 aliphatic carbocycles. The minimum atomic E-state index is -0.586. The third-order valence-electron chi connectivity index (χ3n) is 2.43. The maximum Gasteiger partial charge on any atom is 0.254 e. The standard InChI is InChI=1S/C12H15ClFN3O2/c1-2-5-17(7-11(15)16-19)12(18)8-3-4-10(14)9(13)6-8/h3-4,6,19H,2,5,7H2,1H3,(H2,15,16). The summed E-state index contributed by atoms with van der Waals surface area (Å²) in [6, 6.07) is 3.73. The summed E-state index contributed by atoms with van der Waals surface area (Å²) < 4.78 is 13.0. The van der Waals surface area contributed by atoms with Crippen LogP contribution in [0.4, 0.5) is 4.39 Å². The predicted octanol–water partition coefficient (Wildman–Crippen LogP) is 2.08. The monoisotopic (exact) mass is 287 g/mol. The Hall–Kier alpha value is -1.82. The molecule has 0 atom stereocenters. The molecule has 1 amide bonds. The summed E-state index contributed by atoms with van der Waals surface area (Å²) >= 11 is 5.64. The maximum atomic E-state index is 13.0. The molecular formula is C12H15ClFN3O2. The Bertz CT molecular complexity index is 494. The van der Waals surface area contributed by atoms with Gasteiger partial charge in [-0.15, -0.1) is 0 Å². The van der Waals surface area contributed by atoms with E-state index in [2.05, 4.69) is 5.16 Å². The first kappa shape index (κ1) is 15.2. The number of carbonyl (C=O) groups excluding carboxylic acids is 1. The van der Waals surface area contributed by atoms with Gasteiger partial charge in [0.15, 0.2) is 5.84 Å². The van der Waals surface area contributed by atoms with Gasteiger partial charge in [-0.25, -0.2) is 4.39 Å². The molecule has 0 radical (unpaired) electrons. The molecular weight excluding hydrogens is 273 g/mol. The van der Waals surface area contributed by atoms with Crippen molar-refractivity contribution in [3.05, 3.63) is 34.6 Å². The fourth-order valence-electron chi connectivity index (χ4n) is 1.56. The molecule has 5 nitrogen and oxygen atoms in total. The lowest BCUT2D eigenvalue weighted by Gasteiger charge is -2.21. The lowest BCUT2D eigenvalue weighted by atomic mass is 10.2. The van der Waals surface area contributed by atoms with Crippen molar-refractivity contribution in [3.8, 4) is 0 Å². The first-order chi connectivity index (χ1) is 8.99. The van der Waals surface area contributed by atoms with Crippen molar-refractivity contribution in [3.63, 3.8) is 0 Å². The van der Waals surface area contributed by atoms with E-state index in [0.29, 0.717) is 13.0 Å². The number of hydrogen-bond donors (Lipinski definition) is 2. The second-order valence-corrected chi connectivity index (χ2v) is 4.35. The van der Waals surface area contributed by atoms with Gasteiger partial charge in [0, 0.05) is 12.1 Å². The van der Waals surface area contributed by atoms with Crippen molar-refractivity contribution in [2.24, 2.45) is 10.9 Å². The van der Waals surface area contributed by atoms with Crippen LogP contribution in [0.1, 0.15) is 23.7 Å². The molecule has 7 heteroatoms. The summed E-state index contributed by atoms with van der Waals surface area (Å²) in [6.07, 6.45) is 0.708. The normalized spacial score (nSPS) is 11.4. The molecule has 0 saturated heterocycles. The summed E-state index contributed by atoms with van der Waals surface area (Å²) in [6.45, 7) is 2.33. The molecule has 0 unspecified atom stereocenters. The highest BCUT2D eigenvalue weighted by atomic mass is 35.5. The number of halogens is 2. The maximum absolute atomic E-state index is 13.0. The first-order valence-corrected chi connectivity index (χ1v) is 6.08. The second-order valence-electron chi connectivity index (χ2n) is 3.95. The fourth-order valence-corrected chi connectivity index (χ4v) is 1.74. The van der Waals surface area contributed by atoms with Crippen LogP contribution in [-0.2, 0) is 0 Å². The molecule has 1 aromatic carbocycles. The van der Waals surface area contributed by atoms with Crippen LogP contribution in [0.25, 0.3) is 0 Å². The van der Waals surface area contributed by atoms with Crippen molar-refractivity contribution in [1.29, 1.82) is 0 Å².